The van der Waals surface area contributed by atoms with Gasteiger partial charge >= 0.3 is 0 Å². The van der Waals surface area contributed by atoms with Crippen LogP contribution in [0.4, 0.5) is 4.39 Å². The first-order valence-corrected chi connectivity index (χ1v) is 7.47. The lowest BCUT2D eigenvalue weighted by atomic mass is 9.95. The fourth-order valence-corrected chi connectivity index (χ4v) is 2.35. The summed E-state index contributed by atoms with van der Waals surface area (Å²) < 4.78 is 14.3. The van der Waals surface area contributed by atoms with E-state index in [9.17, 15) is 14.3 Å². The standard InChI is InChI=1S/C17H15ClFN3O3/c18-12-7-6-10(14(19)17(12)24)16(21)11(8-13(23)22-25)15(20)9-4-2-1-3-5-9/h1-7,20,24-25H,8,21H2,(H,22,23)/b16-11-,20-15?. The molecule has 0 bridgehead atoms. The van der Waals surface area contributed by atoms with Crippen molar-refractivity contribution in [2.45, 2.75) is 6.42 Å². The number of nitrogens with one attached hydrogen (secondary N) is 2. The smallest absolute Gasteiger partial charge is 0.247 e. The van der Waals surface area contributed by atoms with Crippen molar-refractivity contribution in [3.05, 3.63) is 70.0 Å². The zero-order valence-corrected chi connectivity index (χ0v) is 13.6. The zero-order chi connectivity index (χ0) is 18.6. The first-order valence-electron chi connectivity index (χ1n) is 7.10. The molecule has 0 spiro atoms. The van der Waals surface area contributed by atoms with E-state index in [1.54, 1.807) is 30.3 Å². The van der Waals surface area contributed by atoms with Gasteiger partial charge in [0.25, 0.3) is 0 Å². The molecular weight excluding hydrogens is 349 g/mol. The molecule has 8 heteroatoms. The molecule has 2 rings (SSSR count). The van der Waals surface area contributed by atoms with Gasteiger partial charge in [-0.05, 0) is 17.7 Å². The number of hydrogen-bond acceptors (Lipinski definition) is 5. The maximum Gasteiger partial charge on any atom is 0.247 e. The van der Waals surface area contributed by atoms with Crippen LogP contribution in [0.1, 0.15) is 17.5 Å². The number of aromatic hydroxyl groups is 1. The van der Waals surface area contributed by atoms with Crippen LogP contribution in [0, 0.1) is 11.2 Å². The Labute approximate surface area is 147 Å². The number of benzene rings is 2. The van der Waals surface area contributed by atoms with Crippen molar-refractivity contribution >= 4 is 28.9 Å². The molecule has 0 fully saturated rings. The minimum absolute atomic E-state index is 0.0154. The second-order valence-electron chi connectivity index (χ2n) is 5.10. The summed E-state index contributed by atoms with van der Waals surface area (Å²) in [5, 5.41) is 26.5. The highest BCUT2D eigenvalue weighted by Crippen LogP contribution is 2.32. The van der Waals surface area contributed by atoms with E-state index in [1.165, 1.54) is 17.6 Å². The molecule has 2 aromatic carbocycles. The summed E-state index contributed by atoms with van der Waals surface area (Å²) >= 11 is 5.65. The predicted molar refractivity (Wildman–Crippen MR) is 92.0 cm³/mol. The van der Waals surface area contributed by atoms with Gasteiger partial charge in [-0.2, -0.15) is 0 Å². The summed E-state index contributed by atoms with van der Waals surface area (Å²) in [5.74, 6) is -2.66. The Kier molecular flexibility index (Phi) is 5.74. The van der Waals surface area contributed by atoms with Crippen molar-refractivity contribution in [3.8, 4) is 5.75 Å². The minimum atomic E-state index is -1.06. The number of phenols is 1. The predicted octanol–water partition coefficient (Wildman–Crippen LogP) is 2.82. The first kappa shape index (κ1) is 18.4. The van der Waals surface area contributed by atoms with E-state index < -0.39 is 23.9 Å². The number of amides is 1. The molecule has 0 radical (unpaired) electrons. The molecule has 1 amide bonds. The van der Waals surface area contributed by atoms with Crippen LogP contribution in [0.25, 0.3) is 5.70 Å². The monoisotopic (exact) mass is 363 g/mol. The number of hydroxylamine groups is 1. The molecule has 0 aliphatic rings. The highest BCUT2D eigenvalue weighted by atomic mass is 35.5. The molecule has 0 aliphatic heterocycles. The second kappa shape index (κ2) is 7.78. The van der Waals surface area contributed by atoms with E-state index in [0.717, 1.165) is 0 Å². The summed E-state index contributed by atoms with van der Waals surface area (Å²) in [7, 11) is 0. The summed E-state index contributed by atoms with van der Waals surface area (Å²) in [5.41, 5.74) is 7.33. The van der Waals surface area contributed by atoms with Crippen LogP contribution in [-0.4, -0.2) is 21.9 Å². The summed E-state index contributed by atoms with van der Waals surface area (Å²) in [4.78, 5) is 11.6. The largest absolute Gasteiger partial charge is 0.504 e. The van der Waals surface area contributed by atoms with Crippen LogP contribution in [-0.2, 0) is 4.79 Å². The molecule has 0 atom stereocenters. The minimum Gasteiger partial charge on any atom is -0.504 e. The number of nitrogens with two attached hydrogens (primary N) is 1. The van der Waals surface area contributed by atoms with Gasteiger partial charge in [-0.3, -0.25) is 15.4 Å². The van der Waals surface area contributed by atoms with Crippen LogP contribution in [0.3, 0.4) is 0 Å². The molecule has 0 aliphatic carbocycles. The lowest BCUT2D eigenvalue weighted by Crippen LogP contribution is -2.23. The van der Waals surface area contributed by atoms with Crippen molar-refractivity contribution in [1.29, 1.82) is 5.41 Å². The third-order valence-corrected chi connectivity index (χ3v) is 3.81. The molecule has 2 aromatic rings. The van der Waals surface area contributed by atoms with Crippen molar-refractivity contribution < 1.29 is 19.5 Å². The Morgan fingerprint density at radius 1 is 1.24 bits per heavy atom. The van der Waals surface area contributed by atoms with E-state index in [2.05, 4.69) is 0 Å². The Morgan fingerprint density at radius 3 is 2.48 bits per heavy atom. The van der Waals surface area contributed by atoms with Crippen molar-refractivity contribution in [3.63, 3.8) is 0 Å². The average Bonchev–Trinajstić information content (AvgIpc) is 2.63. The van der Waals surface area contributed by atoms with Crippen molar-refractivity contribution in [2.24, 2.45) is 5.73 Å². The van der Waals surface area contributed by atoms with Gasteiger partial charge in [0.15, 0.2) is 11.6 Å². The fourth-order valence-electron chi connectivity index (χ4n) is 2.21. The van der Waals surface area contributed by atoms with Crippen LogP contribution in [0.2, 0.25) is 5.02 Å². The normalized spacial score (nSPS) is 11.6. The van der Waals surface area contributed by atoms with Gasteiger partial charge in [0.05, 0.1) is 17.2 Å². The maximum absolute atomic E-state index is 14.3. The summed E-state index contributed by atoms with van der Waals surface area (Å²) in [6.07, 6.45) is -0.459. The molecule has 0 saturated carbocycles. The van der Waals surface area contributed by atoms with Gasteiger partial charge in [-0.15, -0.1) is 0 Å². The van der Waals surface area contributed by atoms with Crippen LogP contribution in [0.5, 0.6) is 5.75 Å². The molecule has 25 heavy (non-hydrogen) atoms. The number of carbonyl (C=O) groups is 1. The number of carbonyl (C=O) groups excluding carboxylic acids is 1. The Hall–Kier alpha value is -2.90. The number of rotatable bonds is 5. The Balaban J connectivity index is 2.61. The lowest BCUT2D eigenvalue weighted by Gasteiger charge is -2.14. The lowest BCUT2D eigenvalue weighted by molar-refractivity contribution is -0.128. The van der Waals surface area contributed by atoms with E-state index in [-0.39, 0.29) is 27.6 Å². The third-order valence-electron chi connectivity index (χ3n) is 3.51. The Bertz CT molecular complexity index is 854. The van der Waals surface area contributed by atoms with E-state index in [1.807, 2.05) is 0 Å². The van der Waals surface area contributed by atoms with Gasteiger partial charge in [0.2, 0.25) is 5.91 Å². The number of phenolic OH excluding ortho intramolecular Hbond substituents is 1. The van der Waals surface area contributed by atoms with Gasteiger partial charge < -0.3 is 10.8 Å². The first-order chi connectivity index (χ1) is 11.9. The van der Waals surface area contributed by atoms with Crippen molar-refractivity contribution in [2.75, 3.05) is 0 Å². The van der Waals surface area contributed by atoms with Crippen LogP contribution in [0.15, 0.2) is 48.0 Å². The molecular formula is C17H15ClFN3O3. The maximum atomic E-state index is 14.3. The molecule has 0 heterocycles. The fraction of sp³-hybridized carbons (Fsp3) is 0.0588. The van der Waals surface area contributed by atoms with Crippen LogP contribution < -0.4 is 11.2 Å². The van der Waals surface area contributed by atoms with Gasteiger partial charge in [0.1, 0.15) is 0 Å². The zero-order valence-electron chi connectivity index (χ0n) is 12.9. The van der Waals surface area contributed by atoms with Gasteiger partial charge in [0, 0.05) is 16.8 Å². The molecule has 0 unspecified atom stereocenters. The molecule has 0 saturated heterocycles. The van der Waals surface area contributed by atoms with E-state index >= 15 is 0 Å². The van der Waals surface area contributed by atoms with Crippen molar-refractivity contribution in [1.82, 2.24) is 5.48 Å². The number of halogens is 2. The highest BCUT2D eigenvalue weighted by molar-refractivity contribution is 6.32. The second-order valence-corrected chi connectivity index (χ2v) is 5.51. The molecule has 6 N–H and O–H groups in total. The molecule has 0 aromatic heterocycles. The highest BCUT2D eigenvalue weighted by Gasteiger charge is 2.21. The van der Waals surface area contributed by atoms with Gasteiger partial charge in [-0.25, -0.2) is 9.87 Å². The molecule has 6 nitrogen and oxygen atoms in total. The third kappa shape index (κ3) is 3.96. The SMILES string of the molecule is N=C(/C(CC(=O)NO)=C(\N)c1ccc(Cl)c(O)c1F)c1ccccc1. The van der Waals surface area contributed by atoms with Gasteiger partial charge in [-0.1, -0.05) is 41.9 Å². The van der Waals surface area contributed by atoms with E-state index in [4.69, 9.17) is 28.0 Å². The summed E-state index contributed by atoms with van der Waals surface area (Å²) in [6.45, 7) is 0. The topological polar surface area (TPSA) is 119 Å². The average molecular weight is 364 g/mol. The molecule has 130 valence electrons. The van der Waals surface area contributed by atoms with E-state index in [0.29, 0.717) is 5.56 Å². The quantitative estimate of drug-likeness (QED) is 0.319. The summed E-state index contributed by atoms with van der Waals surface area (Å²) in [6, 6.07) is 10.9. The van der Waals surface area contributed by atoms with Crippen LogP contribution >= 0.6 is 11.6 Å². The Morgan fingerprint density at radius 2 is 1.88 bits per heavy atom. The number of hydrogen-bond donors (Lipinski definition) is 5.